The molecule has 1 fully saturated rings. The van der Waals surface area contributed by atoms with Crippen LogP contribution in [-0.2, 0) is 11.3 Å². The lowest BCUT2D eigenvalue weighted by Gasteiger charge is -2.19. The van der Waals surface area contributed by atoms with E-state index in [0.717, 1.165) is 28.8 Å². The number of benzene rings is 1. The normalized spacial score (nSPS) is 21.3. The van der Waals surface area contributed by atoms with Crippen molar-refractivity contribution in [2.45, 2.75) is 25.1 Å². The van der Waals surface area contributed by atoms with Gasteiger partial charge in [-0.25, -0.2) is 0 Å². The van der Waals surface area contributed by atoms with Gasteiger partial charge in [-0.3, -0.25) is 5.10 Å². The van der Waals surface area contributed by atoms with Crippen LogP contribution in [0.1, 0.15) is 29.3 Å². The zero-order valence-corrected chi connectivity index (χ0v) is 12.9. The van der Waals surface area contributed by atoms with Crippen LogP contribution in [0, 0.1) is 11.3 Å². The van der Waals surface area contributed by atoms with E-state index in [0.29, 0.717) is 12.1 Å². The highest BCUT2D eigenvalue weighted by Crippen LogP contribution is 2.28. The van der Waals surface area contributed by atoms with Gasteiger partial charge in [-0.05, 0) is 36.2 Å². The van der Waals surface area contributed by atoms with Gasteiger partial charge in [0.1, 0.15) is 6.10 Å². The van der Waals surface area contributed by atoms with Crippen molar-refractivity contribution in [3.63, 3.8) is 0 Å². The van der Waals surface area contributed by atoms with E-state index in [-0.39, 0.29) is 12.1 Å². The molecule has 1 aromatic carbocycles. The number of nitrogens with zero attached hydrogens (tertiary/aromatic N) is 2. The summed E-state index contributed by atoms with van der Waals surface area (Å²) in [5.41, 5.74) is 2.74. The molecule has 0 radical (unpaired) electrons. The Hall–Kier alpha value is -1.68. The Kier molecular flexibility index (Phi) is 4.34. The molecule has 1 aliphatic rings. The fourth-order valence-corrected chi connectivity index (χ4v) is 2.94. The molecule has 2 heterocycles. The summed E-state index contributed by atoms with van der Waals surface area (Å²) in [6.07, 6.45) is 2.70. The number of aromatic amines is 1. The van der Waals surface area contributed by atoms with Crippen LogP contribution in [0.15, 0.2) is 34.9 Å². The topological polar surface area (TPSA) is 73.7 Å². The molecule has 1 aliphatic heterocycles. The lowest BCUT2D eigenvalue weighted by Crippen LogP contribution is -2.31. The van der Waals surface area contributed by atoms with Gasteiger partial charge in [-0.2, -0.15) is 10.4 Å². The van der Waals surface area contributed by atoms with E-state index < -0.39 is 0 Å². The summed E-state index contributed by atoms with van der Waals surface area (Å²) in [6.45, 7) is 1.43. The maximum absolute atomic E-state index is 8.98. The third kappa shape index (κ3) is 3.16. The summed E-state index contributed by atoms with van der Waals surface area (Å²) >= 11 is 3.53. The highest BCUT2D eigenvalue weighted by molar-refractivity contribution is 9.10. The highest BCUT2D eigenvalue weighted by Gasteiger charge is 2.30. The fraction of sp³-hybridized carbons (Fsp3) is 0.333. The molecule has 108 valence electrons. The van der Waals surface area contributed by atoms with Crippen molar-refractivity contribution >= 4 is 15.9 Å². The molecule has 2 aromatic rings. The molecule has 3 rings (SSSR count). The average Bonchev–Trinajstić information content (AvgIpc) is 3.17. The number of hydrogen-bond acceptors (Lipinski definition) is 4. The number of hydrogen-bond donors (Lipinski definition) is 2. The molecule has 0 bridgehead atoms. The van der Waals surface area contributed by atoms with E-state index in [4.69, 9.17) is 10.00 Å². The predicted molar refractivity (Wildman–Crippen MR) is 81.4 cm³/mol. The largest absolute Gasteiger partial charge is 0.370 e. The number of ether oxygens (including phenoxy) is 1. The molecule has 6 heteroatoms. The van der Waals surface area contributed by atoms with Crippen LogP contribution in [0.3, 0.4) is 0 Å². The summed E-state index contributed by atoms with van der Waals surface area (Å²) < 4.78 is 6.78. The Morgan fingerprint density at radius 3 is 3.14 bits per heavy atom. The maximum atomic E-state index is 8.98. The van der Waals surface area contributed by atoms with Crippen LogP contribution < -0.4 is 5.32 Å². The molecule has 1 saturated heterocycles. The molecular formula is C15H15BrN4O. The molecular weight excluding hydrogens is 332 g/mol. The highest BCUT2D eigenvalue weighted by atomic mass is 79.9. The number of halogens is 1. The molecule has 0 aliphatic carbocycles. The SMILES string of the molecule is N#Cc1ccc(Br)c(CN[C@H]2CCO[C@@H]2c2ccn[nH]2)c1. The van der Waals surface area contributed by atoms with Gasteiger partial charge in [-0.15, -0.1) is 0 Å². The smallest absolute Gasteiger partial charge is 0.114 e. The van der Waals surface area contributed by atoms with E-state index in [9.17, 15) is 0 Å². The second kappa shape index (κ2) is 6.39. The number of nitriles is 1. The van der Waals surface area contributed by atoms with E-state index in [1.807, 2.05) is 18.2 Å². The summed E-state index contributed by atoms with van der Waals surface area (Å²) in [7, 11) is 0. The van der Waals surface area contributed by atoms with Crippen molar-refractivity contribution in [1.82, 2.24) is 15.5 Å². The Labute approximate surface area is 131 Å². The van der Waals surface area contributed by atoms with Crippen molar-refractivity contribution in [2.75, 3.05) is 6.61 Å². The van der Waals surface area contributed by atoms with Crippen molar-refractivity contribution in [2.24, 2.45) is 0 Å². The van der Waals surface area contributed by atoms with Crippen LogP contribution in [0.2, 0.25) is 0 Å². The maximum Gasteiger partial charge on any atom is 0.114 e. The van der Waals surface area contributed by atoms with E-state index in [1.165, 1.54) is 0 Å². The summed E-state index contributed by atoms with van der Waals surface area (Å²) in [6, 6.07) is 9.96. The van der Waals surface area contributed by atoms with Gasteiger partial charge in [-0.1, -0.05) is 15.9 Å². The summed E-state index contributed by atoms with van der Waals surface area (Å²) in [5.74, 6) is 0. The van der Waals surface area contributed by atoms with Gasteiger partial charge in [0.15, 0.2) is 0 Å². The zero-order valence-electron chi connectivity index (χ0n) is 11.3. The van der Waals surface area contributed by atoms with Crippen LogP contribution in [-0.4, -0.2) is 22.8 Å². The van der Waals surface area contributed by atoms with Gasteiger partial charge < -0.3 is 10.1 Å². The Morgan fingerprint density at radius 1 is 1.48 bits per heavy atom. The minimum atomic E-state index is 0.00502. The van der Waals surface area contributed by atoms with Crippen molar-refractivity contribution in [3.05, 3.63) is 51.8 Å². The number of nitrogens with one attached hydrogen (secondary N) is 2. The van der Waals surface area contributed by atoms with Crippen LogP contribution in [0.5, 0.6) is 0 Å². The van der Waals surface area contributed by atoms with Gasteiger partial charge in [0.2, 0.25) is 0 Å². The molecule has 0 amide bonds. The van der Waals surface area contributed by atoms with Crippen molar-refractivity contribution in [3.8, 4) is 6.07 Å². The van der Waals surface area contributed by atoms with Crippen LogP contribution in [0.25, 0.3) is 0 Å². The molecule has 2 N–H and O–H groups in total. The molecule has 0 saturated carbocycles. The van der Waals surface area contributed by atoms with E-state index in [2.05, 4.69) is 37.5 Å². The molecule has 1 aromatic heterocycles. The molecule has 21 heavy (non-hydrogen) atoms. The zero-order chi connectivity index (χ0) is 14.7. The van der Waals surface area contributed by atoms with Crippen molar-refractivity contribution in [1.29, 1.82) is 5.26 Å². The van der Waals surface area contributed by atoms with Crippen molar-refractivity contribution < 1.29 is 4.74 Å². The lowest BCUT2D eigenvalue weighted by atomic mass is 10.1. The summed E-state index contributed by atoms with van der Waals surface area (Å²) in [5, 5.41) is 19.4. The molecule has 0 spiro atoms. The standard InChI is InChI=1S/C15H15BrN4O/c16-12-2-1-10(8-17)7-11(12)9-18-13-4-6-21-15(13)14-3-5-19-20-14/h1-3,5,7,13,15,18H,4,6,9H2,(H,19,20)/t13-,15-/m0/s1. The van der Waals surface area contributed by atoms with E-state index in [1.54, 1.807) is 12.3 Å². The average molecular weight is 347 g/mol. The van der Waals surface area contributed by atoms with Crippen LogP contribution in [0.4, 0.5) is 0 Å². The first-order chi connectivity index (χ1) is 10.3. The first kappa shape index (κ1) is 14.3. The minimum Gasteiger partial charge on any atom is -0.370 e. The lowest BCUT2D eigenvalue weighted by molar-refractivity contribution is 0.0950. The Bertz CT molecular complexity index is 650. The molecule has 0 unspecified atom stereocenters. The molecule has 5 nitrogen and oxygen atoms in total. The van der Waals surface area contributed by atoms with Gasteiger partial charge in [0, 0.05) is 29.9 Å². The first-order valence-electron chi connectivity index (χ1n) is 6.80. The van der Waals surface area contributed by atoms with Gasteiger partial charge in [0.05, 0.1) is 17.3 Å². The second-order valence-electron chi connectivity index (χ2n) is 5.00. The Balaban J connectivity index is 1.69. The third-order valence-corrected chi connectivity index (χ3v) is 4.42. The predicted octanol–water partition coefficient (Wildman–Crippen LogP) is 2.66. The third-order valence-electron chi connectivity index (χ3n) is 3.65. The quantitative estimate of drug-likeness (QED) is 0.892. The van der Waals surface area contributed by atoms with Gasteiger partial charge >= 0.3 is 0 Å². The first-order valence-corrected chi connectivity index (χ1v) is 7.60. The summed E-state index contributed by atoms with van der Waals surface area (Å²) in [4.78, 5) is 0. The second-order valence-corrected chi connectivity index (χ2v) is 5.85. The monoisotopic (exact) mass is 346 g/mol. The van der Waals surface area contributed by atoms with E-state index >= 15 is 0 Å². The minimum absolute atomic E-state index is 0.00502. The Morgan fingerprint density at radius 2 is 2.38 bits per heavy atom. The number of rotatable bonds is 4. The number of aromatic nitrogens is 2. The molecule has 2 atom stereocenters. The fourth-order valence-electron chi connectivity index (χ4n) is 2.55. The number of H-pyrrole nitrogens is 1. The van der Waals surface area contributed by atoms with Crippen LogP contribution >= 0.6 is 15.9 Å². The van der Waals surface area contributed by atoms with Gasteiger partial charge in [0.25, 0.3) is 0 Å².